The fourth-order valence-corrected chi connectivity index (χ4v) is 4.24. The molecule has 0 amide bonds. The van der Waals surface area contributed by atoms with E-state index in [1.165, 1.54) is 69.2 Å². The molecule has 0 aliphatic heterocycles. The minimum absolute atomic E-state index is 0.719. The molecule has 0 aromatic carbocycles. The molecule has 194 valence electrons. The largest absolute Gasteiger partial charge is 0.327 e. The minimum atomic E-state index is -0.852. The zero-order valence-electron chi connectivity index (χ0n) is 23.0. The molecule has 0 aromatic heterocycles. The van der Waals surface area contributed by atoms with Crippen LogP contribution in [0.1, 0.15) is 131 Å². The fourth-order valence-electron chi connectivity index (χ4n) is 4.24. The highest BCUT2D eigenvalue weighted by molar-refractivity contribution is 4.62. The third-order valence-corrected chi connectivity index (χ3v) is 6.53. The van der Waals surface area contributed by atoms with Crippen LogP contribution in [0.5, 0.6) is 0 Å². The monoisotopic (exact) mass is 458 g/mol. The topological polar surface area (TPSA) is 27.7 Å². The van der Waals surface area contributed by atoms with E-state index in [9.17, 15) is 0 Å². The molecule has 0 saturated heterocycles. The first-order chi connectivity index (χ1) is 15.6. The van der Waals surface area contributed by atoms with Gasteiger partial charge in [-0.25, -0.2) is 0 Å². The summed E-state index contributed by atoms with van der Waals surface area (Å²) in [6.45, 7) is 20.9. The zero-order valence-corrected chi connectivity index (χ0v) is 23.0. The Kier molecular flexibility index (Phi) is 21.3. The molecular weight excluding hydrogens is 398 g/mol. The summed E-state index contributed by atoms with van der Waals surface area (Å²) in [4.78, 5) is 0. The van der Waals surface area contributed by atoms with E-state index in [1.54, 1.807) is 0 Å². The van der Waals surface area contributed by atoms with E-state index in [4.69, 9.17) is 14.2 Å². The van der Waals surface area contributed by atoms with E-state index >= 15 is 0 Å². The molecule has 0 saturated carbocycles. The number of nitrogens with zero attached hydrogens (tertiary/aromatic N) is 1. The second-order valence-corrected chi connectivity index (χ2v) is 9.69. The summed E-state index contributed by atoms with van der Waals surface area (Å²) in [7, 11) is 0. The smallest absolute Gasteiger partial charge is 0.283 e. The van der Waals surface area contributed by atoms with Crippen molar-refractivity contribution in [2.24, 2.45) is 0 Å². The van der Waals surface area contributed by atoms with Crippen LogP contribution in [0.3, 0.4) is 0 Å². The Morgan fingerprint density at radius 3 is 1.06 bits per heavy atom. The minimum Gasteiger partial charge on any atom is -0.327 e. The van der Waals surface area contributed by atoms with Crippen molar-refractivity contribution in [1.29, 1.82) is 0 Å². The predicted molar refractivity (Wildman–Crippen MR) is 139 cm³/mol. The van der Waals surface area contributed by atoms with Gasteiger partial charge in [0.2, 0.25) is 0 Å². The summed E-state index contributed by atoms with van der Waals surface area (Å²) in [6, 6.07) is 0. The fraction of sp³-hybridized carbons (Fsp3) is 1.00. The molecular formula is C28H60NO3+. The highest BCUT2D eigenvalue weighted by Gasteiger charge is 2.35. The Morgan fingerprint density at radius 2 is 0.750 bits per heavy atom. The van der Waals surface area contributed by atoms with E-state index in [0.29, 0.717) is 0 Å². The third kappa shape index (κ3) is 14.9. The molecule has 0 radical (unpaired) electrons. The van der Waals surface area contributed by atoms with E-state index in [-0.39, 0.29) is 0 Å². The standard InChI is InChI=1S/C28H60NO3/c1-7-13-21-29(22-14-8-2,23-15-9-3)24-19-20-28(30-25-16-10-4,31-26-17-11-5)32-27-18-12-6/h7-27H2,1-6H3/q+1. The molecule has 32 heavy (non-hydrogen) atoms. The van der Waals surface area contributed by atoms with E-state index in [1.807, 2.05) is 0 Å². The number of hydrogen-bond acceptors (Lipinski definition) is 3. The van der Waals surface area contributed by atoms with Crippen LogP contribution in [-0.2, 0) is 14.2 Å². The maximum Gasteiger partial charge on any atom is 0.283 e. The Morgan fingerprint density at radius 1 is 0.438 bits per heavy atom. The second kappa shape index (κ2) is 21.4. The van der Waals surface area contributed by atoms with Crippen molar-refractivity contribution in [3.63, 3.8) is 0 Å². The van der Waals surface area contributed by atoms with Gasteiger partial charge in [0.15, 0.2) is 0 Å². The molecule has 0 aliphatic rings. The van der Waals surface area contributed by atoms with Crippen LogP contribution < -0.4 is 0 Å². The summed E-state index contributed by atoms with van der Waals surface area (Å²) in [5.74, 6) is -0.852. The molecule has 4 heteroatoms. The molecule has 0 unspecified atom stereocenters. The van der Waals surface area contributed by atoms with Gasteiger partial charge < -0.3 is 18.7 Å². The lowest BCUT2D eigenvalue weighted by atomic mass is 10.1. The summed E-state index contributed by atoms with van der Waals surface area (Å²) < 4.78 is 20.4. The van der Waals surface area contributed by atoms with Gasteiger partial charge in [-0.05, 0) is 38.5 Å². The number of rotatable bonds is 25. The molecule has 0 heterocycles. The van der Waals surface area contributed by atoms with Crippen molar-refractivity contribution in [2.45, 2.75) is 137 Å². The first kappa shape index (κ1) is 31.8. The van der Waals surface area contributed by atoms with Crippen molar-refractivity contribution in [2.75, 3.05) is 46.0 Å². The molecule has 0 N–H and O–H groups in total. The average molecular weight is 459 g/mol. The second-order valence-electron chi connectivity index (χ2n) is 9.69. The maximum atomic E-state index is 6.37. The molecule has 0 fully saturated rings. The number of unbranched alkanes of at least 4 members (excludes halogenated alkanes) is 6. The van der Waals surface area contributed by atoms with Crippen LogP contribution in [-0.4, -0.2) is 56.5 Å². The molecule has 0 bridgehead atoms. The lowest BCUT2D eigenvalue weighted by Crippen LogP contribution is -2.51. The van der Waals surface area contributed by atoms with E-state index < -0.39 is 5.97 Å². The molecule has 4 nitrogen and oxygen atoms in total. The van der Waals surface area contributed by atoms with Crippen LogP contribution in [0.4, 0.5) is 0 Å². The van der Waals surface area contributed by atoms with Gasteiger partial charge in [0, 0.05) is 12.8 Å². The maximum absolute atomic E-state index is 6.37. The van der Waals surface area contributed by atoms with Crippen LogP contribution in [0.2, 0.25) is 0 Å². The summed E-state index contributed by atoms with van der Waals surface area (Å²) in [6.07, 6.45) is 16.3. The van der Waals surface area contributed by atoms with Crippen LogP contribution in [0.15, 0.2) is 0 Å². The van der Waals surface area contributed by atoms with Crippen molar-refractivity contribution in [3.8, 4) is 0 Å². The van der Waals surface area contributed by atoms with Gasteiger partial charge in [0.1, 0.15) is 0 Å². The summed E-state index contributed by atoms with van der Waals surface area (Å²) in [5.41, 5.74) is 0. The van der Waals surface area contributed by atoms with E-state index in [2.05, 4.69) is 41.5 Å². The van der Waals surface area contributed by atoms with Gasteiger partial charge in [0.25, 0.3) is 5.97 Å². The van der Waals surface area contributed by atoms with Crippen molar-refractivity contribution in [3.05, 3.63) is 0 Å². The lowest BCUT2D eigenvalue weighted by Gasteiger charge is -2.40. The predicted octanol–water partition coefficient (Wildman–Crippen LogP) is 8.09. The molecule has 0 aromatic rings. The van der Waals surface area contributed by atoms with Crippen molar-refractivity contribution >= 4 is 0 Å². The lowest BCUT2D eigenvalue weighted by molar-refractivity contribution is -0.929. The third-order valence-electron chi connectivity index (χ3n) is 6.53. The van der Waals surface area contributed by atoms with Crippen molar-refractivity contribution in [1.82, 2.24) is 0 Å². The Bertz CT molecular complexity index is 341. The van der Waals surface area contributed by atoms with Gasteiger partial charge in [-0.2, -0.15) is 0 Å². The quantitative estimate of drug-likeness (QED) is 0.0786. The highest BCUT2D eigenvalue weighted by atomic mass is 16.9. The van der Waals surface area contributed by atoms with Crippen LogP contribution in [0, 0.1) is 0 Å². The zero-order chi connectivity index (χ0) is 24.0. The Labute approximate surface area is 202 Å². The first-order valence-corrected chi connectivity index (χ1v) is 14.3. The first-order valence-electron chi connectivity index (χ1n) is 14.3. The van der Waals surface area contributed by atoms with Gasteiger partial charge in [-0.15, -0.1) is 0 Å². The molecule has 0 atom stereocenters. The van der Waals surface area contributed by atoms with Crippen molar-refractivity contribution < 1.29 is 18.7 Å². The van der Waals surface area contributed by atoms with Gasteiger partial charge in [0.05, 0.1) is 46.0 Å². The Hall–Kier alpha value is -0.160. The van der Waals surface area contributed by atoms with Crippen LogP contribution >= 0.6 is 0 Å². The number of ether oxygens (including phenoxy) is 3. The molecule has 0 spiro atoms. The van der Waals surface area contributed by atoms with E-state index in [0.717, 1.165) is 71.2 Å². The summed E-state index contributed by atoms with van der Waals surface area (Å²) >= 11 is 0. The van der Waals surface area contributed by atoms with Crippen LogP contribution in [0.25, 0.3) is 0 Å². The number of quaternary nitrogens is 1. The SMILES string of the molecule is CCCCOC(CCC[N+](CCCC)(CCCC)CCCC)(OCCCC)OCCCC. The molecule has 0 aliphatic carbocycles. The van der Waals surface area contributed by atoms with Gasteiger partial charge >= 0.3 is 0 Å². The normalized spacial score (nSPS) is 12.6. The van der Waals surface area contributed by atoms with Gasteiger partial charge in [-0.1, -0.05) is 80.1 Å². The molecule has 0 rings (SSSR count). The summed E-state index contributed by atoms with van der Waals surface area (Å²) in [5, 5.41) is 0. The average Bonchev–Trinajstić information content (AvgIpc) is 2.80. The Balaban J connectivity index is 5.35. The highest BCUT2D eigenvalue weighted by Crippen LogP contribution is 2.26. The number of hydrogen-bond donors (Lipinski definition) is 0. The van der Waals surface area contributed by atoms with Gasteiger partial charge in [-0.3, -0.25) is 0 Å².